The van der Waals surface area contributed by atoms with Gasteiger partial charge in [-0.1, -0.05) is 55.1 Å². The van der Waals surface area contributed by atoms with Crippen molar-refractivity contribution in [3.05, 3.63) is 70.7 Å². The molecule has 2 N–H and O–H groups in total. The molecule has 1 unspecified atom stereocenters. The minimum absolute atomic E-state index is 0.456. The van der Waals surface area contributed by atoms with Gasteiger partial charge in [-0.2, -0.15) is 0 Å². The molecule has 126 valence electrons. The van der Waals surface area contributed by atoms with Gasteiger partial charge in [0.25, 0.3) is 0 Å². The van der Waals surface area contributed by atoms with Gasteiger partial charge >= 0.3 is 7.82 Å². The molecule has 2 aliphatic carbocycles. The maximum Gasteiger partial charge on any atom is 0.470 e. The maximum atomic E-state index is 11.4. The third-order valence-electron chi connectivity index (χ3n) is 4.41. The number of rotatable bonds is 5. The summed E-state index contributed by atoms with van der Waals surface area (Å²) in [6.07, 6.45) is 10.6. The van der Waals surface area contributed by atoms with Gasteiger partial charge in [-0.25, -0.2) is 4.57 Å². The first kappa shape index (κ1) is 17.1. The van der Waals surface area contributed by atoms with Crippen LogP contribution >= 0.6 is 7.82 Å². The van der Waals surface area contributed by atoms with Crippen molar-refractivity contribution in [2.45, 2.75) is 31.8 Å². The molecule has 0 amide bonds. The minimum Gasteiger partial charge on any atom is -0.303 e. The summed E-state index contributed by atoms with van der Waals surface area (Å²) in [6.45, 7) is 3.87. The fourth-order valence-electron chi connectivity index (χ4n) is 3.34. The van der Waals surface area contributed by atoms with E-state index < -0.39 is 13.9 Å². The molecule has 3 rings (SSSR count). The third-order valence-corrected chi connectivity index (χ3v) is 4.93. The van der Waals surface area contributed by atoms with E-state index in [2.05, 4.69) is 18.7 Å². The Morgan fingerprint density at radius 2 is 1.96 bits per heavy atom. The monoisotopic (exact) mass is 344 g/mol. The number of hydrogen-bond acceptors (Lipinski definition) is 2. The van der Waals surface area contributed by atoms with Crippen LogP contribution in [0.25, 0.3) is 11.6 Å². The zero-order valence-electron chi connectivity index (χ0n) is 13.4. The van der Waals surface area contributed by atoms with Gasteiger partial charge in [0.05, 0.1) is 6.10 Å². The lowest BCUT2D eigenvalue weighted by molar-refractivity contribution is 0.167. The second-order valence-electron chi connectivity index (χ2n) is 5.98. The van der Waals surface area contributed by atoms with E-state index in [1.807, 2.05) is 36.4 Å². The summed E-state index contributed by atoms with van der Waals surface area (Å²) >= 11 is 0. The molecular formula is C19H21O4P. The second kappa shape index (κ2) is 7.04. The molecule has 4 nitrogen and oxygen atoms in total. The molecule has 1 aromatic carbocycles. The van der Waals surface area contributed by atoms with Crippen LogP contribution in [0.2, 0.25) is 0 Å². The Balaban J connectivity index is 2.06. The number of benzene rings is 1. The van der Waals surface area contributed by atoms with E-state index in [4.69, 9.17) is 4.52 Å². The molecule has 0 heterocycles. The number of phosphoric acid groups is 1. The van der Waals surface area contributed by atoms with E-state index in [9.17, 15) is 14.4 Å². The molecule has 0 spiro atoms. The van der Waals surface area contributed by atoms with Gasteiger partial charge in [0.15, 0.2) is 0 Å². The summed E-state index contributed by atoms with van der Waals surface area (Å²) in [5, 5.41) is 2.08. The predicted octanol–water partition coefficient (Wildman–Crippen LogP) is 2.72. The molecule has 0 fully saturated rings. The summed E-state index contributed by atoms with van der Waals surface area (Å²) < 4.78 is 16.5. The van der Waals surface area contributed by atoms with Crippen molar-refractivity contribution in [1.82, 2.24) is 0 Å². The fraction of sp³-hybridized carbons (Fsp3) is 0.263. The Morgan fingerprint density at radius 1 is 1.21 bits per heavy atom. The Labute approximate surface area is 141 Å². The van der Waals surface area contributed by atoms with Gasteiger partial charge in [0.1, 0.15) is 0 Å². The highest BCUT2D eigenvalue weighted by molar-refractivity contribution is 7.46. The highest BCUT2D eigenvalue weighted by Gasteiger charge is 2.27. The molecule has 0 saturated carbocycles. The van der Waals surface area contributed by atoms with Crippen molar-refractivity contribution in [2.75, 3.05) is 0 Å². The van der Waals surface area contributed by atoms with Crippen LogP contribution in [0.1, 0.15) is 25.7 Å². The molecule has 0 saturated heterocycles. The highest BCUT2D eigenvalue weighted by atomic mass is 31.2. The highest BCUT2D eigenvalue weighted by Crippen LogP contribution is 2.42. The van der Waals surface area contributed by atoms with Crippen molar-refractivity contribution >= 4 is 19.5 Å². The number of phosphoric ester groups is 1. The van der Waals surface area contributed by atoms with Crippen molar-refractivity contribution in [2.24, 2.45) is 0 Å². The molecular weight excluding hydrogens is 323 g/mol. The summed E-state index contributed by atoms with van der Waals surface area (Å²) in [5.74, 6) is 0. The van der Waals surface area contributed by atoms with E-state index in [0.717, 1.165) is 40.0 Å². The zero-order valence-corrected chi connectivity index (χ0v) is 14.3. The van der Waals surface area contributed by atoms with Gasteiger partial charge in [0, 0.05) is 0 Å². The van der Waals surface area contributed by atoms with Crippen LogP contribution in [-0.4, -0.2) is 15.9 Å². The maximum absolute atomic E-state index is 11.4. The molecule has 0 radical (unpaired) electrons. The first-order chi connectivity index (χ1) is 11.5. The lowest BCUT2D eigenvalue weighted by Gasteiger charge is -2.25. The molecule has 24 heavy (non-hydrogen) atoms. The summed E-state index contributed by atoms with van der Waals surface area (Å²) in [4.78, 5) is 18.5. The molecule has 1 atom stereocenters. The molecule has 0 bridgehead atoms. The molecule has 5 heteroatoms. The number of allylic oxidation sites excluding steroid dienone is 5. The predicted molar refractivity (Wildman–Crippen MR) is 95.3 cm³/mol. The fourth-order valence-corrected chi connectivity index (χ4v) is 3.88. The van der Waals surface area contributed by atoms with E-state index >= 15 is 0 Å². The van der Waals surface area contributed by atoms with Gasteiger partial charge in [-0.3, -0.25) is 4.52 Å². The largest absolute Gasteiger partial charge is 0.470 e. The van der Waals surface area contributed by atoms with Crippen LogP contribution in [-0.2, 0) is 9.09 Å². The zero-order chi connectivity index (χ0) is 17.2. The van der Waals surface area contributed by atoms with Crippen LogP contribution < -0.4 is 10.4 Å². The summed E-state index contributed by atoms with van der Waals surface area (Å²) in [5.41, 5.74) is 3.15. The van der Waals surface area contributed by atoms with Gasteiger partial charge in [0.2, 0.25) is 0 Å². The minimum atomic E-state index is -4.55. The van der Waals surface area contributed by atoms with Gasteiger partial charge in [-0.05, 0) is 52.8 Å². The smallest absolute Gasteiger partial charge is 0.303 e. The lowest BCUT2D eigenvalue weighted by atomic mass is 9.87. The Hall–Kier alpha value is -1.71. The van der Waals surface area contributed by atoms with Gasteiger partial charge < -0.3 is 9.79 Å². The van der Waals surface area contributed by atoms with Crippen molar-refractivity contribution in [3.8, 4) is 0 Å². The first-order valence-electron chi connectivity index (χ1n) is 8.02. The molecule has 1 aromatic rings. The Kier molecular flexibility index (Phi) is 5.02. The van der Waals surface area contributed by atoms with Crippen LogP contribution in [0.4, 0.5) is 0 Å². The quantitative estimate of drug-likeness (QED) is 0.806. The standard InChI is InChI=1S/C19H21O4P/c1-2-14-7-3-4-9-16(14)13-18-17-10-6-5-8-15(17)11-12-19(18)23-24(20,21)22/h2,5-11,19H,1,3-4,12-13H2,(H2,20,21,22). The van der Waals surface area contributed by atoms with Crippen LogP contribution in [0.3, 0.4) is 0 Å². The van der Waals surface area contributed by atoms with E-state index in [-0.39, 0.29) is 0 Å². The van der Waals surface area contributed by atoms with Crippen LogP contribution in [0.15, 0.2) is 60.2 Å². The van der Waals surface area contributed by atoms with E-state index in [0.29, 0.717) is 12.8 Å². The van der Waals surface area contributed by atoms with Crippen LogP contribution in [0, 0.1) is 0 Å². The molecule has 0 aromatic heterocycles. The topological polar surface area (TPSA) is 66.8 Å². The number of hydrogen-bond donors (Lipinski definition) is 2. The summed E-state index contributed by atoms with van der Waals surface area (Å²) in [7, 11) is -4.55. The summed E-state index contributed by atoms with van der Waals surface area (Å²) in [6, 6.07) is 7.90. The van der Waals surface area contributed by atoms with Crippen molar-refractivity contribution < 1.29 is 18.9 Å². The normalized spacial score (nSPS) is 20.6. The number of fused-ring (bicyclic) bond motifs is 1. The van der Waals surface area contributed by atoms with E-state index in [1.54, 1.807) is 0 Å². The third kappa shape index (κ3) is 3.85. The Bertz CT molecular complexity index is 873. The van der Waals surface area contributed by atoms with Crippen molar-refractivity contribution in [3.63, 3.8) is 0 Å². The SMILES string of the molecule is C=CC1=CCCC=C1CC1=c2ccccc2=CCC1OP(=O)(O)O. The average molecular weight is 344 g/mol. The van der Waals surface area contributed by atoms with Gasteiger partial charge in [-0.15, -0.1) is 0 Å². The average Bonchev–Trinajstić information content (AvgIpc) is 2.56. The second-order valence-corrected chi connectivity index (χ2v) is 7.18. The molecule has 2 aliphatic rings. The molecule has 0 aliphatic heterocycles. The first-order valence-corrected chi connectivity index (χ1v) is 9.55. The van der Waals surface area contributed by atoms with E-state index in [1.165, 1.54) is 0 Å². The Morgan fingerprint density at radius 3 is 2.71 bits per heavy atom. The van der Waals surface area contributed by atoms with Crippen LogP contribution in [0.5, 0.6) is 0 Å². The van der Waals surface area contributed by atoms with Crippen molar-refractivity contribution in [1.29, 1.82) is 0 Å². The lowest BCUT2D eigenvalue weighted by Crippen LogP contribution is -2.35.